The third-order valence-corrected chi connectivity index (χ3v) is 6.26. The van der Waals surface area contributed by atoms with Gasteiger partial charge in [0.2, 0.25) is 0 Å². The van der Waals surface area contributed by atoms with Crippen LogP contribution in [0.15, 0.2) is 64.1 Å². The third-order valence-electron chi connectivity index (χ3n) is 5.48. The predicted octanol–water partition coefficient (Wildman–Crippen LogP) is 6.03. The van der Waals surface area contributed by atoms with Crippen LogP contribution in [0.1, 0.15) is 18.7 Å². The highest BCUT2D eigenvalue weighted by molar-refractivity contribution is 9.10. The van der Waals surface area contributed by atoms with Crippen molar-refractivity contribution in [2.75, 3.05) is 0 Å². The Labute approximate surface area is 182 Å². The maximum absolute atomic E-state index is 6.09. The van der Waals surface area contributed by atoms with Crippen LogP contribution in [0.4, 0.5) is 5.69 Å². The van der Waals surface area contributed by atoms with Gasteiger partial charge in [-0.2, -0.15) is 0 Å². The van der Waals surface area contributed by atoms with Crippen molar-refractivity contribution >= 4 is 44.3 Å². The van der Waals surface area contributed by atoms with Crippen molar-refractivity contribution < 1.29 is 0 Å². The molecule has 0 unspecified atom stereocenters. The monoisotopic (exact) mass is 466 g/mol. The van der Waals surface area contributed by atoms with E-state index in [1.54, 1.807) is 0 Å². The zero-order chi connectivity index (χ0) is 20.0. The van der Waals surface area contributed by atoms with Crippen molar-refractivity contribution in [3.63, 3.8) is 0 Å². The number of benzene rings is 2. The molecule has 0 atom stereocenters. The molecule has 0 radical (unpaired) electrons. The molecule has 2 aromatic heterocycles. The quantitative estimate of drug-likeness (QED) is 0.355. The summed E-state index contributed by atoms with van der Waals surface area (Å²) in [5.74, 6) is 1.11. The SMILES string of the molecule is Cn1c(-c2ccc(Cl)cc2)cc2/c(=N\c3ccc(Br)cc3)n3c(nc21)CCCC3. The number of hydrogen-bond acceptors (Lipinski definition) is 2. The van der Waals surface area contributed by atoms with Crippen molar-refractivity contribution in [1.29, 1.82) is 0 Å². The molecule has 3 heterocycles. The summed E-state index contributed by atoms with van der Waals surface area (Å²) >= 11 is 9.59. The first kappa shape index (κ1) is 18.6. The molecule has 1 aliphatic heterocycles. The molecule has 146 valence electrons. The smallest absolute Gasteiger partial charge is 0.145 e. The zero-order valence-electron chi connectivity index (χ0n) is 16.1. The van der Waals surface area contributed by atoms with Gasteiger partial charge < -0.3 is 9.13 Å². The Balaban J connectivity index is 1.81. The summed E-state index contributed by atoms with van der Waals surface area (Å²) < 4.78 is 5.50. The predicted molar refractivity (Wildman–Crippen MR) is 121 cm³/mol. The van der Waals surface area contributed by atoms with Crippen molar-refractivity contribution in [1.82, 2.24) is 14.1 Å². The van der Waals surface area contributed by atoms with Crippen LogP contribution in [0, 0.1) is 0 Å². The van der Waals surface area contributed by atoms with E-state index in [9.17, 15) is 0 Å². The summed E-state index contributed by atoms with van der Waals surface area (Å²) in [5.41, 5.74) is 5.13. The van der Waals surface area contributed by atoms with Crippen molar-refractivity contribution in [3.05, 3.63) is 75.4 Å². The molecular formula is C23H20BrClN4. The summed E-state index contributed by atoms with van der Waals surface area (Å²) in [7, 11) is 2.07. The molecule has 4 nitrogen and oxygen atoms in total. The Kier molecular flexibility index (Phi) is 4.80. The lowest BCUT2D eigenvalue weighted by Gasteiger charge is -2.19. The minimum Gasteiger partial charge on any atom is -0.328 e. The molecule has 4 aromatic rings. The van der Waals surface area contributed by atoms with Gasteiger partial charge in [0, 0.05) is 29.5 Å². The fourth-order valence-electron chi connectivity index (χ4n) is 3.98. The van der Waals surface area contributed by atoms with Gasteiger partial charge in [-0.1, -0.05) is 39.7 Å². The molecule has 0 spiro atoms. The molecular weight excluding hydrogens is 448 g/mol. The largest absolute Gasteiger partial charge is 0.328 e. The van der Waals surface area contributed by atoms with E-state index in [-0.39, 0.29) is 0 Å². The first-order valence-corrected chi connectivity index (χ1v) is 10.9. The first-order chi connectivity index (χ1) is 14.1. The highest BCUT2D eigenvalue weighted by atomic mass is 79.9. The lowest BCUT2D eigenvalue weighted by Crippen LogP contribution is -2.29. The van der Waals surface area contributed by atoms with Gasteiger partial charge >= 0.3 is 0 Å². The van der Waals surface area contributed by atoms with Gasteiger partial charge in [0.25, 0.3) is 0 Å². The Bertz CT molecular complexity index is 1270. The van der Waals surface area contributed by atoms with Gasteiger partial charge in [0.1, 0.15) is 17.0 Å². The molecule has 0 fully saturated rings. The molecule has 5 rings (SSSR count). The molecule has 0 saturated carbocycles. The second kappa shape index (κ2) is 7.47. The molecule has 2 aromatic carbocycles. The Hall–Kier alpha value is -2.37. The Morgan fingerprint density at radius 1 is 1.03 bits per heavy atom. The van der Waals surface area contributed by atoms with E-state index in [0.717, 1.165) is 68.2 Å². The van der Waals surface area contributed by atoms with Crippen LogP contribution < -0.4 is 5.49 Å². The van der Waals surface area contributed by atoms with Crippen LogP contribution in [0.2, 0.25) is 5.02 Å². The van der Waals surface area contributed by atoms with Gasteiger partial charge in [0.05, 0.1) is 16.8 Å². The molecule has 6 heteroatoms. The van der Waals surface area contributed by atoms with Gasteiger partial charge in [-0.15, -0.1) is 0 Å². The fourth-order valence-corrected chi connectivity index (χ4v) is 4.37. The molecule has 0 amide bonds. The van der Waals surface area contributed by atoms with Crippen molar-refractivity contribution in [2.24, 2.45) is 12.0 Å². The van der Waals surface area contributed by atoms with Crippen LogP contribution in [0.3, 0.4) is 0 Å². The number of aromatic nitrogens is 3. The molecule has 29 heavy (non-hydrogen) atoms. The maximum atomic E-state index is 6.09. The average Bonchev–Trinajstić information content (AvgIpc) is 3.06. The number of rotatable bonds is 2. The van der Waals surface area contributed by atoms with E-state index >= 15 is 0 Å². The van der Waals surface area contributed by atoms with E-state index in [4.69, 9.17) is 21.6 Å². The second-order valence-corrected chi connectivity index (χ2v) is 8.73. The lowest BCUT2D eigenvalue weighted by molar-refractivity contribution is 0.496. The summed E-state index contributed by atoms with van der Waals surface area (Å²) in [4.78, 5) is 10.1. The normalized spacial score (nSPS) is 14.4. The van der Waals surface area contributed by atoms with Crippen LogP contribution in [0.25, 0.3) is 22.3 Å². The lowest BCUT2D eigenvalue weighted by atomic mass is 10.1. The number of halogens is 2. The van der Waals surface area contributed by atoms with Crippen molar-refractivity contribution in [3.8, 4) is 11.3 Å². The van der Waals surface area contributed by atoms with Gasteiger partial charge in [-0.3, -0.25) is 0 Å². The van der Waals surface area contributed by atoms with Gasteiger partial charge in [-0.05, 0) is 60.9 Å². The van der Waals surface area contributed by atoms with E-state index in [1.165, 1.54) is 6.42 Å². The summed E-state index contributed by atoms with van der Waals surface area (Å²) in [6.45, 7) is 0.957. The molecule has 0 bridgehead atoms. The molecule has 0 N–H and O–H groups in total. The van der Waals surface area contributed by atoms with Crippen LogP contribution in [0.5, 0.6) is 0 Å². The number of aryl methyl sites for hydroxylation is 2. The molecule has 0 aliphatic carbocycles. The third kappa shape index (κ3) is 3.43. The number of hydrogen-bond donors (Lipinski definition) is 0. The minimum atomic E-state index is 0.739. The highest BCUT2D eigenvalue weighted by Gasteiger charge is 2.18. The molecule has 1 aliphatic rings. The second-order valence-electron chi connectivity index (χ2n) is 7.38. The summed E-state index contributed by atoms with van der Waals surface area (Å²) in [6.07, 6.45) is 3.32. The molecule has 0 saturated heterocycles. The fraction of sp³-hybridized carbons (Fsp3) is 0.217. The van der Waals surface area contributed by atoms with Crippen LogP contribution in [-0.4, -0.2) is 14.1 Å². The van der Waals surface area contributed by atoms with Gasteiger partial charge in [0.15, 0.2) is 0 Å². The van der Waals surface area contributed by atoms with Crippen molar-refractivity contribution in [2.45, 2.75) is 25.8 Å². The highest BCUT2D eigenvalue weighted by Crippen LogP contribution is 2.27. The summed E-state index contributed by atoms with van der Waals surface area (Å²) in [5, 5.41) is 1.81. The standard InChI is InChI=1S/C23H20BrClN4/c1-28-20(15-5-9-17(25)10-6-15)14-19-22(28)27-21-4-2-3-13-29(21)23(19)26-18-11-7-16(24)8-12-18/h5-12,14H,2-4,13H2,1H3/b26-23+. The van der Waals surface area contributed by atoms with E-state index in [2.05, 4.69) is 50.3 Å². The summed E-state index contributed by atoms with van der Waals surface area (Å²) in [6, 6.07) is 18.3. The average molecular weight is 468 g/mol. The van der Waals surface area contributed by atoms with E-state index in [0.29, 0.717) is 0 Å². The minimum absolute atomic E-state index is 0.739. The maximum Gasteiger partial charge on any atom is 0.145 e. The van der Waals surface area contributed by atoms with E-state index < -0.39 is 0 Å². The number of nitrogens with zero attached hydrogens (tertiary/aromatic N) is 4. The topological polar surface area (TPSA) is 35.1 Å². The van der Waals surface area contributed by atoms with Crippen LogP contribution >= 0.6 is 27.5 Å². The number of fused-ring (bicyclic) bond motifs is 2. The van der Waals surface area contributed by atoms with Gasteiger partial charge in [-0.25, -0.2) is 9.98 Å². The van der Waals surface area contributed by atoms with E-state index in [1.807, 2.05) is 36.4 Å². The van der Waals surface area contributed by atoms with Crippen LogP contribution in [-0.2, 0) is 20.0 Å². The first-order valence-electron chi connectivity index (χ1n) is 9.75. The zero-order valence-corrected chi connectivity index (χ0v) is 18.4. The Morgan fingerprint density at radius 3 is 2.55 bits per heavy atom. The Morgan fingerprint density at radius 2 is 1.79 bits per heavy atom.